The van der Waals surface area contributed by atoms with Crippen molar-refractivity contribution in [2.24, 2.45) is 0 Å². The molecule has 46 heavy (non-hydrogen) atoms. The van der Waals surface area contributed by atoms with E-state index in [2.05, 4.69) is 44.2 Å². The Morgan fingerprint density at radius 3 is 1.54 bits per heavy atom. The number of fused-ring (bicyclic) bond motifs is 6. The summed E-state index contributed by atoms with van der Waals surface area (Å²) in [6, 6.07) is 11.3. The SMILES string of the molecule is CCN(C)C1Cc2c([nH]c3ccc(NC=O)cc23)C(OC(=O)C(=O)OC2CC(N(C)CC)Cc3c2[nH]c2ccc(NC=O)cc32)C1. The van der Waals surface area contributed by atoms with Gasteiger partial charge in [0.1, 0.15) is 12.2 Å². The minimum atomic E-state index is -1.04. The standard InChI is InChI=1S/C34H40N6O6/c1-5-39(3)21-13-25-23-11-19(35-17-41)7-9-27(23)37-31(25)29(15-21)45-33(43)34(44)46-30-16-22(40(4)6-2)14-26-24-12-20(36-18-42)8-10-28(24)38-32(26)30/h7-12,17-18,21-22,29-30,37-38H,5-6,13-16H2,1-4H3,(H,35,41)(H,36,42). The van der Waals surface area contributed by atoms with Crippen molar-refractivity contribution in [1.82, 2.24) is 19.8 Å². The Hall–Kier alpha value is -4.68. The quantitative estimate of drug-likeness (QED) is 0.116. The van der Waals surface area contributed by atoms with E-state index in [9.17, 15) is 19.2 Å². The number of H-pyrrole nitrogens is 2. The van der Waals surface area contributed by atoms with E-state index in [4.69, 9.17) is 9.47 Å². The van der Waals surface area contributed by atoms with E-state index < -0.39 is 24.1 Å². The van der Waals surface area contributed by atoms with Gasteiger partial charge in [-0.3, -0.25) is 9.59 Å². The van der Waals surface area contributed by atoms with Crippen LogP contribution in [0.1, 0.15) is 61.4 Å². The summed E-state index contributed by atoms with van der Waals surface area (Å²) in [6.45, 7) is 5.75. The number of amides is 2. The highest BCUT2D eigenvalue weighted by Gasteiger charge is 2.39. The van der Waals surface area contributed by atoms with Crippen LogP contribution in [0.5, 0.6) is 0 Å². The van der Waals surface area contributed by atoms with E-state index in [0.29, 0.717) is 37.0 Å². The molecule has 2 aromatic heterocycles. The molecule has 242 valence electrons. The molecule has 0 spiro atoms. The molecule has 6 rings (SSSR count). The third-order valence-corrected chi connectivity index (χ3v) is 9.73. The minimum absolute atomic E-state index is 0.0733. The van der Waals surface area contributed by atoms with Gasteiger partial charge in [-0.1, -0.05) is 13.8 Å². The maximum Gasteiger partial charge on any atom is 0.418 e. The number of benzene rings is 2. The molecule has 4 N–H and O–H groups in total. The molecule has 4 aromatic rings. The van der Waals surface area contributed by atoms with Crippen LogP contribution in [0.15, 0.2) is 36.4 Å². The number of esters is 2. The van der Waals surface area contributed by atoms with Gasteiger partial charge in [-0.25, -0.2) is 9.59 Å². The molecule has 4 atom stereocenters. The predicted molar refractivity (Wildman–Crippen MR) is 174 cm³/mol. The summed E-state index contributed by atoms with van der Waals surface area (Å²) in [5.41, 5.74) is 6.54. The van der Waals surface area contributed by atoms with Crippen molar-refractivity contribution in [3.05, 3.63) is 58.9 Å². The molecular formula is C34H40N6O6. The Balaban J connectivity index is 1.27. The number of hydrogen-bond donors (Lipinski definition) is 4. The number of nitrogens with one attached hydrogen (secondary N) is 4. The first-order valence-electron chi connectivity index (χ1n) is 15.8. The van der Waals surface area contributed by atoms with Gasteiger partial charge >= 0.3 is 11.9 Å². The molecule has 2 amide bonds. The molecule has 0 aliphatic heterocycles. The number of likely N-dealkylation sites (N-methyl/N-ethyl adjacent to an activating group) is 2. The zero-order valence-corrected chi connectivity index (χ0v) is 26.5. The minimum Gasteiger partial charge on any atom is -0.447 e. The molecule has 2 heterocycles. The molecule has 0 fully saturated rings. The Labute approximate surface area is 266 Å². The smallest absolute Gasteiger partial charge is 0.418 e. The van der Waals surface area contributed by atoms with Gasteiger partial charge in [-0.2, -0.15) is 0 Å². The van der Waals surface area contributed by atoms with Crippen LogP contribution < -0.4 is 10.6 Å². The average molecular weight is 629 g/mol. The largest absolute Gasteiger partial charge is 0.447 e. The summed E-state index contributed by atoms with van der Waals surface area (Å²) < 4.78 is 11.9. The first-order chi connectivity index (χ1) is 22.2. The molecular weight excluding hydrogens is 588 g/mol. The monoisotopic (exact) mass is 628 g/mol. The maximum atomic E-state index is 13.4. The average Bonchev–Trinajstić information content (AvgIpc) is 3.62. The summed E-state index contributed by atoms with van der Waals surface area (Å²) in [5, 5.41) is 7.28. The van der Waals surface area contributed by atoms with Gasteiger partial charge in [-0.15, -0.1) is 0 Å². The highest BCUT2D eigenvalue weighted by molar-refractivity contribution is 6.29. The van der Waals surface area contributed by atoms with Gasteiger partial charge in [0.25, 0.3) is 0 Å². The van der Waals surface area contributed by atoms with Crippen molar-refractivity contribution < 1.29 is 28.7 Å². The Morgan fingerprint density at radius 2 is 1.17 bits per heavy atom. The van der Waals surface area contributed by atoms with Crippen LogP contribution in [0.25, 0.3) is 21.8 Å². The topological polar surface area (TPSA) is 149 Å². The van der Waals surface area contributed by atoms with E-state index in [-0.39, 0.29) is 12.1 Å². The van der Waals surface area contributed by atoms with Crippen molar-refractivity contribution in [2.45, 2.75) is 63.8 Å². The molecule has 12 heteroatoms. The van der Waals surface area contributed by atoms with Gasteiger partial charge in [0.2, 0.25) is 12.8 Å². The van der Waals surface area contributed by atoms with Crippen LogP contribution in [0.3, 0.4) is 0 Å². The molecule has 4 unspecified atom stereocenters. The van der Waals surface area contributed by atoms with Crippen LogP contribution in [-0.2, 0) is 41.5 Å². The molecule has 0 radical (unpaired) electrons. The third kappa shape index (κ3) is 5.85. The molecule has 0 saturated heterocycles. The number of anilines is 2. The lowest BCUT2D eigenvalue weighted by Crippen LogP contribution is -2.40. The highest BCUT2D eigenvalue weighted by Crippen LogP contribution is 2.41. The van der Waals surface area contributed by atoms with E-state index in [1.54, 1.807) is 12.1 Å². The number of nitrogens with zero attached hydrogens (tertiary/aromatic N) is 2. The number of ether oxygens (including phenoxy) is 2. The fourth-order valence-corrected chi connectivity index (χ4v) is 6.97. The predicted octanol–water partition coefficient (Wildman–Crippen LogP) is 4.19. The van der Waals surface area contributed by atoms with E-state index in [1.807, 2.05) is 38.4 Å². The molecule has 2 aromatic carbocycles. The van der Waals surface area contributed by atoms with Gasteiger partial charge < -0.3 is 39.9 Å². The summed E-state index contributed by atoms with van der Waals surface area (Å²) in [6.07, 6.45) is 2.39. The summed E-state index contributed by atoms with van der Waals surface area (Å²) in [5.74, 6) is -2.09. The molecule has 2 aliphatic rings. The second-order valence-corrected chi connectivity index (χ2v) is 12.2. The lowest BCUT2D eigenvalue weighted by Gasteiger charge is -2.35. The fourth-order valence-electron chi connectivity index (χ4n) is 6.97. The van der Waals surface area contributed by atoms with Gasteiger partial charge in [-0.05, 0) is 87.6 Å². The van der Waals surface area contributed by atoms with Gasteiger partial charge in [0.05, 0.1) is 11.4 Å². The Bertz CT molecular complexity index is 1670. The first kappa shape index (κ1) is 31.3. The van der Waals surface area contributed by atoms with Gasteiger partial charge in [0.15, 0.2) is 0 Å². The zero-order chi connectivity index (χ0) is 32.5. The summed E-state index contributed by atoms with van der Waals surface area (Å²) in [7, 11) is 4.06. The van der Waals surface area contributed by atoms with E-state index >= 15 is 0 Å². The van der Waals surface area contributed by atoms with Crippen LogP contribution in [0, 0.1) is 0 Å². The van der Waals surface area contributed by atoms with Crippen molar-refractivity contribution in [3.63, 3.8) is 0 Å². The molecule has 0 saturated carbocycles. The number of carbonyl (C=O) groups excluding carboxylic acids is 4. The van der Waals surface area contributed by atoms with Crippen LogP contribution in [0.4, 0.5) is 11.4 Å². The third-order valence-electron chi connectivity index (χ3n) is 9.73. The van der Waals surface area contributed by atoms with Gasteiger partial charge in [0, 0.05) is 58.1 Å². The second-order valence-electron chi connectivity index (χ2n) is 12.2. The highest BCUT2D eigenvalue weighted by atomic mass is 16.6. The van der Waals surface area contributed by atoms with E-state index in [1.165, 1.54) is 0 Å². The summed E-state index contributed by atoms with van der Waals surface area (Å²) in [4.78, 5) is 60.2. The van der Waals surface area contributed by atoms with Crippen LogP contribution in [-0.4, -0.2) is 83.8 Å². The van der Waals surface area contributed by atoms with E-state index in [0.717, 1.165) is 70.3 Å². The van der Waals surface area contributed by atoms with Crippen LogP contribution >= 0.6 is 0 Å². The second kappa shape index (κ2) is 13.0. The zero-order valence-electron chi connectivity index (χ0n) is 26.5. The lowest BCUT2D eigenvalue weighted by molar-refractivity contribution is -0.176. The van der Waals surface area contributed by atoms with Crippen molar-refractivity contribution >= 4 is 57.9 Å². The number of aromatic nitrogens is 2. The Morgan fingerprint density at radius 1 is 0.761 bits per heavy atom. The Kier molecular flexibility index (Phi) is 8.83. The molecule has 2 aliphatic carbocycles. The maximum absolute atomic E-state index is 13.4. The van der Waals surface area contributed by atoms with Crippen molar-refractivity contribution in [1.29, 1.82) is 0 Å². The van der Waals surface area contributed by atoms with Crippen molar-refractivity contribution in [3.8, 4) is 0 Å². The lowest BCUT2D eigenvalue weighted by atomic mass is 9.88. The molecule has 12 nitrogen and oxygen atoms in total. The number of rotatable bonds is 10. The number of aromatic amines is 2. The number of hydrogen-bond acceptors (Lipinski definition) is 8. The first-order valence-corrected chi connectivity index (χ1v) is 15.8. The fraction of sp³-hybridized carbons (Fsp3) is 0.412. The number of carbonyl (C=O) groups is 4. The normalized spacial score (nSPS) is 20.7. The van der Waals surface area contributed by atoms with Crippen LogP contribution in [0.2, 0.25) is 0 Å². The molecule has 0 bridgehead atoms. The summed E-state index contributed by atoms with van der Waals surface area (Å²) >= 11 is 0. The van der Waals surface area contributed by atoms with Crippen molar-refractivity contribution in [2.75, 3.05) is 37.8 Å².